The van der Waals surface area contributed by atoms with Gasteiger partial charge < -0.3 is 14.4 Å². The fourth-order valence-corrected chi connectivity index (χ4v) is 8.11. The first kappa shape index (κ1) is 35.1. The Morgan fingerprint density at radius 1 is 0.717 bits per heavy atom. The van der Waals surface area contributed by atoms with Gasteiger partial charge in [-0.25, -0.2) is 0 Å². The molecule has 46 heavy (non-hydrogen) atoms. The van der Waals surface area contributed by atoms with Crippen molar-refractivity contribution < 1.29 is 14.4 Å². The van der Waals surface area contributed by atoms with Crippen LogP contribution in [0, 0.1) is 0 Å². The second kappa shape index (κ2) is 18.9. The molecule has 4 aromatic carbocycles. The van der Waals surface area contributed by atoms with E-state index in [0.29, 0.717) is 6.61 Å². The Kier molecular flexibility index (Phi) is 14.4. The summed E-state index contributed by atoms with van der Waals surface area (Å²) in [6.45, 7) is 5.72. The molecule has 0 aliphatic carbocycles. The second-order valence-corrected chi connectivity index (χ2v) is 14.1. The molecule has 0 spiro atoms. The fraction of sp³-hybridized carbons (Fsp3) is 0.500. The highest BCUT2D eigenvalue weighted by molar-refractivity contribution is 8.26. The molecule has 0 aromatic heterocycles. The lowest BCUT2D eigenvalue weighted by Gasteiger charge is -2.23. The average molecular weight is 636 g/mol. The van der Waals surface area contributed by atoms with Gasteiger partial charge in [-0.05, 0) is 80.4 Å². The molecule has 1 aliphatic heterocycles. The lowest BCUT2D eigenvalue weighted by Crippen LogP contribution is -2.28. The summed E-state index contributed by atoms with van der Waals surface area (Å²) in [7, 11) is 1.86. The number of aliphatic hydroxyl groups excluding tert-OH is 1. The van der Waals surface area contributed by atoms with Gasteiger partial charge in [-0.3, -0.25) is 0 Å². The van der Waals surface area contributed by atoms with Gasteiger partial charge in [-0.1, -0.05) is 139 Å². The van der Waals surface area contributed by atoms with Crippen LogP contribution in [0.25, 0.3) is 32.7 Å². The summed E-state index contributed by atoms with van der Waals surface area (Å²) in [5.41, 5.74) is 8.11. The van der Waals surface area contributed by atoms with E-state index in [1.807, 2.05) is 19.1 Å². The maximum absolute atomic E-state index is 9.42. The van der Waals surface area contributed by atoms with Crippen molar-refractivity contribution in [2.45, 2.75) is 104 Å². The number of aliphatic hydroxyl groups is 1. The minimum absolute atomic E-state index is 0.0142. The van der Waals surface area contributed by atoms with Crippen molar-refractivity contribution in [1.82, 2.24) is 0 Å². The number of rotatable bonds is 20. The van der Waals surface area contributed by atoms with E-state index >= 15 is 0 Å². The normalized spacial score (nSPS) is 13.3. The first-order chi connectivity index (χ1) is 22.8. The van der Waals surface area contributed by atoms with E-state index in [4.69, 9.17) is 9.31 Å². The SMILES string of the molecule is CCCCCCCCc1cc([B]OCCO)c2ccccc2c1-c1c(CCCCCCCC)cc(B2OCCS2)c2ccccc12. The topological polar surface area (TPSA) is 38.7 Å². The van der Waals surface area contributed by atoms with Crippen LogP contribution >= 0.6 is 11.6 Å². The van der Waals surface area contributed by atoms with Gasteiger partial charge in [0.05, 0.1) is 13.2 Å². The van der Waals surface area contributed by atoms with Crippen LogP contribution < -0.4 is 10.9 Å². The molecule has 1 radical (unpaired) electrons. The molecular weight excluding hydrogens is 582 g/mol. The van der Waals surface area contributed by atoms with Gasteiger partial charge in [0.2, 0.25) is 0 Å². The van der Waals surface area contributed by atoms with Gasteiger partial charge in [0.25, 0.3) is 0 Å². The summed E-state index contributed by atoms with van der Waals surface area (Å²) in [5.74, 6) is 1.05. The van der Waals surface area contributed by atoms with Crippen LogP contribution in [0.2, 0.25) is 0 Å². The summed E-state index contributed by atoms with van der Waals surface area (Å²) in [6, 6.07) is 22.8. The van der Waals surface area contributed by atoms with Crippen LogP contribution in [0.15, 0.2) is 60.7 Å². The molecule has 1 heterocycles. The number of aryl methyl sites for hydroxylation is 2. The predicted octanol–water partition coefficient (Wildman–Crippen LogP) is 9.18. The van der Waals surface area contributed by atoms with Gasteiger partial charge in [0.15, 0.2) is 0 Å². The molecule has 1 aliphatic rings. The van der Waals surface area contributed by atoms with Crippen LogP contribution in [0.3, 0.4) is 0 Å². The maximum Gasteiger partial charge on any atom is 0.397 e. The highest BCUT2D eigenvalue weighted by Crippen LogP contribution is 2.40. The smallest absolute Gasteiger partial charge is 0.397 e. The molecule has 243 valence electrons. The molecular formula is C40H53B2O3S. The number of fused-ring (bicyclic) bond motifs is 2. The van der Waals surface area contributed by atoms with E-state index in [1.165, 1.54) is 126 Å². The molecule has 0 saturated carbocycles. The number of unbranched alkanes of at least 4 members (excludes halogenated alkanes) is 10. The molecule has 1 saturated heterocycles. The minimum Gasteiger partial charge on any atom is -0.432 e. The standard InChI is InChI=1S/C40H53B2O3S/c1-3-5-7-9-11-13-19-31-29-37(41-44-26-25-43)33-21-15-17-23-35(33)39(31)40-32(20-14-12-10-8-6-4-2)30-38(42-45-27-28-46-42)34-22-16-18-24-36(34)40/h15-18,21-24,29-30,43H,3-14,19-20,25-28H2,1-2H3. The fourth-order valence-electron chi connectivity index (χ4n) is 7.14. The van der Waals surface area contributed by atoms with Crippen LogP contribution in [-0.4, -0.2) is 44.4 Å². The highest BCUT2D eigenvalue weighted by Gasteiger charge is 2.29. The zero-order valence-corrected chi connectivity index (χ0v) is 29.1. The van der Waals surface area contributed by atoms with E-state index in [0.717, 1.165) is 30.7 Å². The third kappa shape index (κ3) is 9.01. The van der Waals surface area contributed by atoms with Crippen molar-refractivity contribution in [2.24, 2.45) is 0 Å². The molecule has 0 unspecified atom stereocenters. The summed E-state index contributed by atoms with van der Waals surface area (Å²) in [6.07, 6.45) is 17.6. The van der Waals surface area contributed by atoms with Gasteiger partial charge in [0.1, 0.15) is 0 Å². The van der Waals surface area contributed by atoms with Crippen LogP contribution in [-0.2, 0) is 22.2 Å². The van der Waals surface area contributed by atoms with Crippen molar-refractivity contribution >= 4 is 57.8 Å². The molecule has 4 aromatic rings. The highest BCUT2D eigenvalue weighted by atomic mass is 32.2. The Hall–Kier alpha value is -2.24. The van der Waals surface area contributed by atoms with Gasteiger partial charge in [-0.2, -0.15) is 11.6 Å². The maximum atomic E-state index is 9.42. The van der Waals surface area contributed by atoms with E-state index < -0.39 is 0 Å². The molecule has 1 fully saturated rings. The third-order valence-electron chi connectivity index (χ3n) is 9.46. The minimum atomic E-state index is 0.0142. The first-order valence-corrected chi connectivity index (χ1v) is 19.2. The van der Waals surface area contributed by atoms with Gasteiger partial charge >= 0.3 is 13.7 Å². The predicted molar refractivity (Wildman–Crippen MR) is 203 cm³/mol. The van der Waals surface area contributed by atoms with Crippen LogP contribution in [0.5, 0.6) is 0 Å². The molecule has 0 amide bonds. The Morgan fingerprint density at radius 3 is 1.85 bits per heavy atom. The third-order valence-corrected chi connectivity index (χ3v) is 10.6. The number of hydrogen-bond acceptors (Lipinski definition) is 4. The monoisotopic (exact) mass is 635 g/mol. The summed E-state index contributed by atoms with van der Waals surface area (Å²) in [5, 5.41) is 14.6. The van der Waals surface area contributed by atoms with Crippen molar-refractivity contribution in [3.8, 4) is 11.1 Å². The zero-order chi connectivity index (χ0) is 32.0. The Bertz CT molecular complexity index is 1520. The zero-order valence-electron chi connectivity index (χ0n) is 28.3. The molecule has 6 heteroatoms. The summed E-state index contributed by atoms with van der Waals surface area (Å²) >= 11 is 1.94. The molecule has 0 atom stereocenters. The van der Waals surface area contributed by atoms with E-state index in [2.05, 4.69) is 74.5 Å². The quantitative estimate of drug-likeness (QED) is 0.0777. The van der Waals surface area contributed by atoms with Crippen molar-refractivity contribution in [3.63, 3.8) is 0 Å². The average Bonchev–Trinajstić information content (AvgIpc) is 3.63. The number of hydrogen-bond donors (Lipinski definition) is 1. The largest absolute Gasteiger partial charge is 0.432 e. The Labute approximate surface area is 283 Å². The van der Waals surface area contributed by atoms with E-state index in [-0.39, 0.29) is 12.8 Å². The lowest BCUT2D eigenvalue weighted by atomic mass is 9.74. The molecule has 3 nitrogen and oxygen atoms in total. The van der Waals surface area contributed by atoms with Gasteiger partial charge in [-0.15, -0.1) is 0 Å². The van der Waals surface area contributed by atoms with Crippen molar-refractivity contribution in [2.75, 3.05) is 25.6 Å². The Balaban J connectivity index is 1.65. The first-order valence-electron chi connectivity index (χ1n) is 18.1. The second-order valence-electron chi connectivity index (χ2n) is 12.9. The number of benzene rings is 4. The van der Waals surface area contributed by atoms with Crippen LogP contribution in [0.1, 0.15) is 102 Å². The van der Waals surface area contributed by atoms with E-state index in [1.54, 1.807) is 0 Å². The van der Waals surface area contributed by atoms with Crippen LogP contribution in [0.4, 0.5) is 0 Å². The Morgan fingerprint density at radius 2 is 1.26 bits per heavy atom. The lowest BCUT2D eigenvalue weighted by molar-refractivity contribution is 0.209. The molecule has 1 N–H and O–H groups in total. The summed E-state index contributed by atoms with van der Waals surface area (Å²) in [4.78, 5) is 0. The molecule has 0 bridgehead atoms. The van der Waals surface area contributed by atoms with E-state index in [9.17, 15) is 5.11 Å². The summed E-state index contributed by atoms with van der Waals surface area (Å²) < 4.78 is 12.1. The van der Waals surface area contributed by atoms with Gasteiger partial charge in [0, 0.05) is 12.4 Å². The molecule has 5 rings (SSSR count). The van der Waals surface area contributed by atoms with Crippen molar-refractivity contribution in [1.29, 1.82) is 0 Å². The van der Waals surface area contributed by atoms with Crippen molar-refractivity contribution in [3.05, 3.63) is 71.8 Å².